The predicted molar refractivity (Wildman–Crippen MR) is 105 cm³/mol. The number of nitrogens with one attached hydrogen (secondary N) is 1. The Balaban J connectivity index is 1.92. The molecule has 3 rings (SSSR count). The number of likely N-dealkylation sites (N-methyl/N-ethyl adjacent to an activating group) is 1. The molecular weight excluding hydrogens is 342 g/mol. The fourth-order valence-electron chi connectivity index (χ4n) is 2.75. The molecule has 2 heterocycles. The average molecular weight is 365 g/mol. The van der Waals surface area contributed by atoms with Gasteiger partial charge in [-0.3, -0.25) is 14.0 Å². The molecule has 0 spiro atoms. The third-order valence-corrected chi connectivity index (χ3v) is 4.25. The number of imidazole rings is 1. The van der Waals surface area contributed by atoms with Crippen LogP contribution in [0.5, 0.6) is 0 Å². The Morgan fingerprint density at radius 2 is 1.74 bits per heavy atom. The van der Waals surface area contributed by atoms with Gasteiger partial charge in [0, 0.05) is 32.0 Å². The Morgan fingerprint density at radius 3 is 2.44 bits per heavy atom. The number of pyridine rings is 1. The minimum atomic E-state index is -0.290. The number of nitrogens with zero attached hydrogens (tertiary/aromatic N) is 4. The molecule has 140 valence electrons. The zero-order valence-corrected chi connectivity index (χ0v) is 15.7. The van der Waals surface area contributed by atoms with Gasteiger partial charge in [-0.25, -0.2) is 4.98 Å². The smallest absolute Gasteiger partial charge is 0.294 e. The van der Waals surface area contributed by atoms with E-state index in [1.165, 1.54) is 4.90 Å². The molecule has 0 aliphatic carbocycles. The van der Waals surface area contributed by atoms with Crippen molar-refractivity contribution >= 4 is 23.0 Å². The van der Waals surface area contributed by atoms with Gasteiger partial charge in [-0.1, -0.05) is 24.3 Å². The standard InChI is InChI=1S/C20H23N5O2/c1-23(2)14-12-21-19(26)17-16-11-7-8-13-25(16)18(22-17)20(27)24(3)15-9-5-4-6-10-15/h4-11,13H,12,14H2,1-3H3,(H,21,26). The summed E-state index contributed by atoms with van der Waals surface area (Å²) < 4.78 is 1.66. The van der Waals surface area contributed by atoms with E-state index in [0.717, 1.165) is 12.2 Å². The molecule has 0 radical (unpaired) electrons. The van der Waals surface area contributed by atoms with Crippen molar-refractivity contribution < 1.29 is 9.59 Å². The summed E-state index contributed by atoms with van der Waals surface area (Å²) in [5.41, 5.74) is 1.61. The number of benzene rings is 1. The third kappa shape index (κ3) is 3.98. The fourth-order valence-corrected chi connectivity index (χ4v) is 2.75. The van der Waals surface area contributed by atoms with E-state index in [0.29, 0.717) is 12.1 Å². The van der Waals surface area contributed by atoms with Gasteiger partial charge in [0.2, 0.25) is 5.82 Å². The Bertz CT molecular complexity index is 949. The Labute approximate surface area is 158 Å². The summed E-state index contributed by atoms with van der Waals surface area (Å²) in [4.78, 5) is 33.5. The second kappa shape index (κ2) is 8.01. The summed E-state index contributed by atoms with van der Waals surface area (Å²) in [6.45, 7) is 1.23. The maximum Gasteiger partial charge on any atom is 0.294 e. The molecule has 1 aromatic carbocycles. The molecule has 0 aliphatic heterocycles. The highest BCUT2D eigenvalue weighted by Crippen LogP contribution is 2.18. The van der Waals surface area contributed by atoms with E-state index in [9.17, 15) is 9.59 Å². The van der Waals surface area contributed by atoms with Crippen molar-refractivity contribution in [3.8, 4) is 0 Å². The van der Waals surface area contributed by atoms with Crippen LogP contribution in [0.4, 0.5) is 5.69 Å². The Morgan fingerprint density at radius 1 is 1.04 bits per heavy atom. The molecule has 7 nitrogen and oxygen atoms in total. The number of carbonyl (C=O) groups excluding carboxylic acids is 2. The highest BCUT2D eigenvalue weighted by molar-refractivity contribution is 6.07. The quantitative estimate of drug-likeness (QED) is 0.724. The molecule has 3 aromatic rings. The van der Waals surface area contributed by atoms with Crippen molar-refractivity contribution in [3.63, 3.8) is 0 Å². The van der Waals surface area contributed by atoms with Gasteiger partial charge in [-0.2, -0.15) is 0 Å². The number of hydrogen-bond donors (Lipinski definition) is 1. The topological polar surface area (TPSA) is 70.0 Å². The lowest BCUT2D eigenvalue weighted by Crippen LogP contribution is -2.32. The van der Waals surface area contributed by atoms with Gasteiger partial charge in [-0.15, -0.1) is 0 Å². The average Bonchev–Trinajstić information content (AvgIpc) is 3.07. The highest BCUT2D eigenvalue weighted by atomic mass is 16.2. The summed E-state index contributed by atoms with van der Waals surface area (Å²) >= 11 is 0. The highest BCUT2D eigenvalue weighted by Gasteiger charge is 2.24. The molecule has 0 atom stereocenters. The molecular formula is C20H23N5O2. The molecule has 0 fully saturated rings. The minimum Gasteiger partial charge on any atom is -0.349 e. The number of rotatable bonds is 6. The van der Waals surface area contributed by atoms with Crippen LogP contribution in [-0.4, -0.2) is 60.3 Å². The van der Waals surface area contributed by atoms with E-state index in [2.05, 4.69) is 10.3 Å². The van der Waals surface area contributed by atoms with E-state index < -0.39 is 0 Å². The van der Waals surface area contributed by atoms with Gasteiger partial charge >= 0.3 is 0 Å². The summed E-state index contributed by atoms with van der Waals surface area (Å²) in [7, 11) is 5.57. The molecule has 2 amide bonds. The van der Waals surface area contributed by atoms with Gasteiger partial charge in [0.25, 0.3) is 11.8 Å². The molecule has 1 N–H and O–H groups in total. The monoisotopic (exact) mass is 365 g/mol. The Kier molecular flexibility index (Phi) is 5.52. The molecule has 27 heavy (non-hydrogen) atoms. The van der Waals surface area contributed by atoms with Crippen LogP contribution >= 0.6 is 0 Å². The molecule has 0 saturated heterocycles. The molecule has 0 aliphatic rings. The van der Waals surface area contributed by atoms with Gasteiger partial charge in [0.05, 0.1) is 5.52 Å². The summed E-state index contributed by atoms with van der Waals surface area (Å²) in [6, 6.07) is 14.7. The fraction of sp³-hybridized carbons (Fsp3) is 0.250. The van der Waals surface area contributed by atoms with E-state index >= 15 is 0 Å². The lowest BCUT2D eigenvalue weighted by atomic mass is 10.3. The van der Waals surface area contributed by atoms with Crippen LogP contribution in [0.1, 0.15) is 21.1 Å². The normalized spacial score (nSPS) is 11.0. The minimum absolute atomic E-state index is 0.203. The number of hydrogen-bond acceptors (Lipinski definition) is 4. The van der Waals surface area contributed by atoms with Gasteiger partial charge in [0.15, 0.2) is 5.69 Å². The second-order valence-electron chi connectivity index (χ2n) is 6.50. The van der Waals surface area contributed by atoms with E-state index in [1.807, 2.05) is 61.5 Å². The van der Waals surface area contributed by atoms with Crippen LogP contribution in [0.3, 0.4) is 0 Å². The number of para-hydroxylation sites is 1. The molecule has 0 bridgehead atoms. The van der Waals surface area contributed by atoms with Crippen LogP contribution in [0.15, 0.2) is 54.7 Å². The van der Waals surface area contributed by atoms with Gasteiger partial charge in [0.1, 0.15) is 0 Å². The SMILES string of the molecule is CN(C)CCNC(=O)c1nc(C(=O)N(C)c2ccccc2)n2ccccc12. The van der Waals surface area contributed by atoms with Crippen LogP contribution in [0, 0.1) is 0 Å². The largest absolute Gasteiger partial charge is 0.349 e. The predicted octanol–water partition coefficient (Wildman–Crippen LogP) is 1.90. The lowest BCUT2D eigenvalue weighted by molar-refractivity contribution is 0.0948. The lowest BCUT2D eigenvalue weighted by Gasteiger charge is -2.16. The summed E-state index contributed by atoms with van der Waals surface area (Å²) in [5, 5.41) is 2.85. The first-order chi connectivity index (χ1) is 13.0. The van der Waals surface area contributed by atoms with Crippen molar-refractivity contribution in [2.45, 2.75) is 0 Å². The van der Waals surface area contributed by atoms with Gasteiger partial charge in [-0.05, 0) is 38.4 Å². The first-order valence-corrected chi connectivity index (χ1v) is 8.72. The van der Waals surface area contributed by atoms with Gasteiger partial charge < -0.3 is 15.1 Å². The number of fused-ring (bicyclic) bond motifs is 1. The number of carbonyl (C=O) groups is 2. The molecule has 7 heteroatoms. The maximum absolute atomic E-state index is 13.0. The molecule has 2 aromatic heterocycles. The summed E-state index contributed by atoms with van der Waals surface area (Å²) in [5.74, 6) is -0.369. The summed E-state index contributed by atoms with van der Waals surface area (Å²) in [6.07, 6.45) is 1.74. The van der Waals surface area contributed by atoms with Crippen molar-refractivity contribution in [1.29, 1.82) is 0 Å². The van der Waals surface area contributed by atoms with Crippen LogP contribution < -0.4 is 10.2 Å². The van der Waals surface area contributed by atoms with E-state index in [-0.39, 0.29) is 23.3 Å². The Hall–Kier alpha value is -3.19. The first kappa shape index (κ1) is 18.6. The number of aromatic nitrogens is 2. The zero-order chi connectivity index (χ0) is 19.4. The van der Waals surface area contributed by atoms with Crippen LogP contribution in [-0.2, 0) is 0 Å². The van der Waals surface area contributed by atoms with Crippen molar-refractivity contribution in [2.75, 3.05) is 39.1 Å². The van der Waals surface area contributed by atoms with Crippen LogP contribution in [0.2, 0.25) is 0 Å². The maximum atomic E-state index is 13.0. The second-order valence-corrected chi connectivity index (χ2v) is 6.50. The van der Waals surface area contributed by atoms with Crippen molar-refractivity contribution in [3.05, 3.63) is 66.2 Å². The van der Waals surface area contributed by atoms with Crippen molar-refractivity contribution in [1.82, 2.24) is 19.6 Å². The van der Waals surface area contributed by atoms with E-state index in [4.69, 9.17) is 0 Å². The first-order valence-electron chi connectivity index (χ1n) is 8.72. The molecule has 0 unspecified atom stereocenters. The van der Waals surface area contributed by atoms with Crippen molar-refractivity contribution in [2.24, 2.45) is 0 Å². The van der Waals surface area contributed by atoms with E-state index in [1.54, 1.807) is 23.7 Å². The third-order valence-electron chi connectivity index (χ3n) is 4.25. The van der Waals surface area contributed by atoms with Crippen LogP contribution in [0.25, 0.3) is 5.52 Å². The zero-order valence-electron chi connectivity index (χ0n) is 15.7. The molecule has 0 saturated carbocycles. The number of anilines is 1. The number of amides is 2.